The molecule has 1 heterocycles. The molecule has 0 saturated carbocycles. The molecule has 0 radical (unpaired) electrons. The first-order valence-corrected chi connectivity index (χ1v) is 4.99. The van der Waals surface area contributed by atoms with Gasteiger partial charge in [0.05, 0.1) is 0 Å². The van der Waals surface area contributed by atoms with Crippen LogP contribution in [0.3, 0.4) is 0 Å². The molecule has 0 aromatic heterocycles. The average molecular weight is 170 g/mol. The third-order valence-electron chi connectivity index (χ3n) is 2.94. The topological polar surface area (TPSA) is 38.0 Å². The molecule has 2 unspecified atom stereocenters. The summed E-state index contributed by atoms with van der Waals surface area (Å²) in [5.41, 5.74) is 6.01. The molecule has 72 valence electrons. The summed E-state index contributed by atoms with van der Waals surface area (Å²) in [5, 5.41) is 3.53. The van der Waals surface area contributed by atoms with E-state index in [0.717, 1.165) is 18.9 Å². The molecule has 0 aromatic carbocycles. The van der Waals surface area contributed by atoms with Crippen LogP contribution >= 0.6 is 0 Å². The number of hydrogen-bond donors (Lipinski definition) is 2. The quantitative estimate of drug-likeness (QED) is 0.656. The number of nitrogens with one attached hydrogen (secondary N) is 1. The van der Waals surface area contributed by atoms with E-state index >= 15 is 0 Å². The van der Waals surface area contributed by atoms with Crippen molar-refractivity contribution >= 4 is 0 Å². The summed E-state index contributed by atoms with van der Waals surface area (Å²) < 4.78 is 0. The highest BCUT2D eigenvalue weighted by molar-refractivity contribution is 4.90. The van der Waals surface area contributed by atoms with Gasteiger partial charge in [-0.1, -0.05) is 20.8 Å². The van der Waals surface area contributed by atoms with E-state index in [9.17, 15) is 0 Å². The summed E-state index contributed by atoms with van der Waals surface area (Å²) >= 11 is 0. The van der Waals surface area contributed by atoms with Gasteiger partial charge in [-0.05, 0) is 37.3 Å². The number of hydrogen-bond acceptors (Lipinski definition) is 2. The van der Waals surface area contributed by atoms with Gasteiger partial charge in [-0.25, -0.2) is 0 Å². The van der Waals surface area contributed by atoms with E-state index in [1.807, 2.05) is 0 Å². The van der Waals surface area contributed by atoms with Crippen molar-refractivity contribution in [2.24, 2.45) is 17.1 Å². The largest absolute Gasteiger partial charge is 0.330 e. The fourth-order valence-electron chi connectivity index (χ4n) is 2.29. The molecular weight excluding hydrogens is 148 g/mol. The van der Waals surface area contributed by atoms with Gasteiger partial charge in [0.1, 0.15) is 0 Å². The molecule has 2 heteroatoms. The lowest BCUT2D eigenvalue weighted by Crippen LogP contribution is -2.35. The Morgan fingerprint density at radius 3 is 2.58 bits per heavy atom. The summed E-state index contributed by atoms with van der Waals surface area (Å²) in [6, 6.07) is 0.662. The maximum atomic E-state index is 5.57. The van der Waals surface area contributed by atoms with Crippen LogP contribution in [-0.2, 0) is 0 Å². The van der Waals surface area contributed by atoms with E-state index < -0.39 is 0 Å². The van der Waals surface area contributed by atoms with Crippen LogP contribution in [0.4, 0.5) is 0 Å². The second kappa shape index (κ2) is 3.75. The molecule has 3 N–H and O–H groups in total. The Balaban J connectivity index is 2.52. The molecule has 1 rings (SSSR count). The summed E-state index contributed by atoms with van der Waals surface area (Å²) in [5.74, 6) is 0.807. The Hall–Kier alpha value is -0.0800. The Bertz CT molecular complexity index is 137. The van der Waals surface area contributed by atoms with E-state index in [1.165, 1.54) is 13.0 Å². The Morgan fingerprint density at radius 2 is 2.08 bits per heavy atom. The van der Waals surface area contributed by atoms with Crippen LogP contribution in [0.25, 0.3) is 0 Å². The lowest BCUT2D eigenvalue weighted by molar-refractivity contribution is 0.212. The first kappa shape index (κ1) is 10.0. The fraction of sp³-hybridized carbons (Fsp3) is 1.00. The summed E-state index contributed by atoms with van der Waals surface area (Å²) in [7, 11) is 0. The maximum absolute atomic E-state index is 5.57. The summed E-state index contributed by atoms with van der Waals surface area (Å²) in [4.78, 5) is 0. The van der Waals surface area contributed by atoms with Gasteiger partial charge >= 0.3 is 0 Å². The zero-order chi connectivity index (χ0) is 9.19. The molecule has 0 spiro atoms. The van der Waals surface area contributed by atoms with E-state index in [1.54, 1.807) is 0 Å². The third-order valence-corrected chi connectivity index (χ3v) is 2.94. The molecule has 0 bridgehead atoms. The van der Waals surface area contributed by atoms with Crippen LogP contribution in [0.2, 0.25) is 0 Å². The van der Waals surface area contributed by atoms with Crippen LogP contribution in [0.5, 0.6) is 0 Å². The predicted octanol–water partition coefficient (Wildman–Crippen LogP) is 1.36. The highest BCUT2D eigenvalue weighted by Gasteiger charge is 2.34. The van der Waals surface area contributed by atoms with Gasteiger partial charge in [0.2, 0.25) is 0 Å². The van der Waals surface area contributed by atoms with Crippen molar-refractivity contribution in [1.82, 2.24) is 5.32 Å². The van der Waals surface area contributed by atoms with Crippen molar-refractivity contribution in [2.75, 3.05) is 13.1 Å². The first-order valence-electron chi connectivity index (χ1n) is 4.99. The molecule has 1 aliphatic heterocycles. The molecular formula is C10H22N2. The monoisotopic (exact) mass is 170 g/mol. The average Bonchev–Trinajstić information content (AvgIpc) is 2.34. The molecule has 12 heavy (non-hydrogen) atoms. The van der Waals surface area contributed by atoms with Crippen LogP contribution in [0.1, 0.15) is 33.6 Å². The zero-order valence-electron chi connectivity index (χ0n) is 8.56. The minimum atomic E-state index is 0.434. The fourth-order valence-corrected chi connectivity index (χ4v) is 2.29. The van der Waals surface area contributed by atoms with Gasteiger partial charge in [0.25, 0.3) is 0 Å². The Morgan fingerprint density at radius 1 is 1.42 bits per heavy atom. The first-order chi connectivity index (χ1) is 5.55. The molecule has 0 aliphatic carbocycles. The van der Waals surface area contributed by atoms with Gasteiger partial charge in [0, 0.05) is 6.04 Å². The van der Waals surface area contributed by atoms with E-state index in [4.69, 9.17) is 5.73 Å². The number of nitrogens with two attached hydrogens (primary N) is 1. The minimum Gasteiger partial charge on any atom is -0.330 e. The SMILES string of the molecule is CC(C)(C)C1CCNC1CCN. The summed E-state index contributed by atoms with van der Waals surface area (Å²) in [6.45, 7) is 8.97. The third kappa shape index (κ3) is 2.20. The molecule has 1 fully saturated rings. The standard InChI is InChI=1S/C10H22N2/c1-10(2,3)8-5-7-12-9(8)4-6-11/h8-9,12H,4-7,11H2,1-3H3. The van der Waals surface area contributed by atoms with E-state index in [0.29, 0.717) is 11.5 Å². The van der Waals surface area contributed by atoms with Crippen molar-refractivity contribution in [3.63, 3.8) is 0 Å². The molecule has 1 aliphatic rings. The van der Waals surface area contributed by atoms with Crippen LogP contribution < -0.4 is 11.1 Å². The molecule has 0 amide bonds. The maximum Gasteiger partial charge on any atom is 0.0113 e. The predicted molar refractivity (Wildman–Crippen MR) is 53.0 cm³/mol. The number of rotatable bonds is 2. The van der Waals surface area contributed by atoms with Crippen LogP contribution in [0.15, 0.2) is 0 Å². The lowest BCUT2D eigenvalue weighted by Gasteiger charge is -2.31. The van der Waals surface area contributed by atoms with Crippen molar-refractivity contribution in [2.45, 2.75) is 39.7 Å². The van der Waals surface area contributed by atoms with Crippen molar-refractivity contribution in [3.05, 3.63) is 0 Å². The van der Waals surface area contributed by atoms with Crippen LogP contribution in [-0.4, -0.2) is 19.1 Å². The van der Waals surface area contributed by atoms with Crippen molar-refractivity contribution in [3.8, 4) is 0 Å². The lowest BCUT2D eigenvalue weighted by atomic mass is 9.75. The molecule has 2 nitrogen and oxygen atoms in total. The zero-order valence-corrected chi connectivity index (χ0v) is 8.56. The van der Waals surface area contributed by atoms with Gasteiger partial charge < -0.3 is 11.1 Å². The van der Waals surface area contributed by atoms with Crippen molar-refractivity contribution in [1.29, 1.82) is 0 Å². The molecule has 1 saturated heterocycles. The second-order valence-electron chi connectivity index (χ2n) is 4.90. The van der Waals surface area contributed by atoms with Gasteiger partial charge in [-0.2, -0.15) is 0 Å². The highest BCUT2D eigenvalue weighted by atomic mass is 15.0. The normalized spacial score (nSPS) is 31.0. The Kier molecular flexibility index (Phi) is 3.13. The van der Waals surface area contributed by atoms with Gasteiger partial charge in [0.15, 0.2) is 0 Å². The van der Waals surface area contributed by atoms with E-state index in [2.05, 4.69) is 26.1 Å². The molecule has 2 atom stereocenters. The molecule has 0 aromatic rings. The second-order valence-corrected chi connectivity index (χ2v) is 4.90. The highest BCUT2D eigenvalue weighted by Crippen LogP contribution is 2.35. The van der Waals surface area contributed by atoms with Gasteiger partial charge in [-0.15, -0.1) is 0 Å². The summed E-state index contributed by atoms with van der Waals surface area (Å²) in [6.07, 6.45) is 2.44. The minimum absolute atomic E-state index is 0.434. The smallest absolute Gasteiger partial charge is 0.0113 e. The van der Waals surface area contributed by atoms with E-state index in [-0.39, 0.29) is 0 Å². The van der Waals surface area contributed by atoms with Crippen molar-refractivity contribution < 1.29 is 0 Å². The van der Waals surface area contributed by atoms with Crippen LogP contribution in [0, 0.1) is 11.3 Å². The Labute approximate surface area is 75.9 Å². The van der Waals surface area contributed by atoms with Gasteiger partial charge in [-0.3, -0.25) is 0 Å².